The molecule has 136 valence electrons. The lowest BCUT2D eigenvalue weighted by Gasteiger charge is -2.21. The third kappa shape index (κ3) is 5.07. The molecule has 2 aromatic rings. The van der Waals surface area contributed by atoms with Crippen molar-refractivity contribution in [2.45, 2.75) is 43.8 Å². The van der Waals surface area contributed by atoms with E-state index in [1.54, 1.807) is 7.11 Å². The van der Waals surface area contributed by atoms with Gasteiger partial charge in [-0.3, -0.25) is 4.79 Å². The summed E-state index contributed by atoms with van der Waals surface area (Å²) in [4.78, 5) is 12.2. The molecule has 0 spiro atoms. The fraction of sp³-hybridized carbons (Fsp3) is 0.450. The first-order chi connectivity index (χ1) is 11.8. The first-order valence-corrected chi connectivity index (χ1v) is 9.49. The molecule has 25 heavy (non-hydrogen) atoms. The zero-order valence-corrected chi connectivity index (χ0v) is 17.5. The Morgan fingerprint density at radius 3 is 2.20 bits per heavy atom. The second-order valence-electron chi connectivity index (χ2n) is 6.58. The largest absolute Gasteiger partial charge is 0.465 e. The summed E-state index contributed by atoms with van der Waals surface area (Å²) in [5.74, 6) is 1.33. The highest BCUT2D eigenvalue weighted by atomic mass is 127. The molecule has 0 heterocycles. The molecule has 0 amide bonds. The second-order valence-corrected chi connectivity index (χ2v) is 8.96. The van der Waals surface area contributed by atoms with Gasteiger partial charge in [0.15, 0.2) is 0 Å². The monoisotopic (exact) mass is 456 g/mol. The minimum atomic E-state index is -0.517. The predicted molar refractivity (Wildman–Crippen MR) is 109 cm³/mol. The third-order valence-corrected chi connectivity index (χ3v) is 5.32. The number of fused-ring (bicyclic) bond motifs is 1. The molecule has 2 rings (SSSR count). The number of alkyl halides is 1. The van der Waals surface area contributed by atoms with Crippen LogP contribution in [0.1, 0.15) is 34.1 Å². The summed E-state index contributed by atoms with van der Waals surface area (Å²) < 4.78 is 16.2. The molecule has 2 unspecified atom stereocenters. The van der Waals surface area contributed by atoms with E-state index in [9.17, 15) is 4.79 Å². The predicted octanol–water partition coefficient (Wildman–Crippen LogP) is 5.36. The van der Waals surface area contributed by atoms with E-state index in [0.717, 1.165) is 22.9 Å². The van der Waals surface area contributed by atoms with Gasteiger partial charge in [0.2, 0.25) is 6.29 Å². The van der Waals surface area contributed by atoms with Gasteiger partial charge < -0.3 is 14.2 Å². The fourth-order valence-corrected chi connectivity index (χ4v) is 2.40. The van der Waals surface area contributed by atoms with Gasteiger partial charge in [-0.05, 0) is 48.4 Å². The molecule has 4 nitrogen and oxygen atoms in total. The van der Waals surface area contributed by atoms with Gasteiger partial charge in [-0.25, -0.2) is 0 Å². The SMILES string of the molecule is CCC(C)(I)C(=O)Oc1ccc2cc(OC(OC)C(C)C)ccc2c1. The summed E-state index contributed by atoms with van der Waals surface area (Å²) in [5.41, 5.74) is 0. The van der Waals surface area contributed by atoms with E-state index in [1.165, 1.54) is 0 Å². The molecule has 0 saturated carbocycles. The van der Waals surface area contributed by atoms with Gasteiger partial charge in [-0.15, -0.1) is 0 Å². The number of hydrogen-bond acceptors (Lipinski definition) is 4. The Bertz CT molecular complexity index is 740. The van der Waals surface area contributed by atoms with Crippen LogP contribution in [-0.4, -0.2) is 22.8 Å². The van der Waals surface area contributed by atoms with Crippen LogP contribution in [0.15, 0.2) is 36.4 Å². The number of halogens is 1. The number of carbonyl (C=O) groups excluding carboxylic acids is 1. The van der Waals surface area contributed by atoms with E-state index >= 15 is 0 Å². The highest BCUT2D eigenvalue weighted by Crippen LogP contribution is 2.29. The number of hydrogen-bond donors (Lipinski definition) is 0. The number of rotatable bonds is 7. The fourth-order valence-electron chi connectivity index (χ4n) is 2.29. The maximum atomic E-state index is 12.2. The summed E-state index contributed by atoms with van der Waals surface area (Å²) in [5, 5.41) is 2.01. The first-order valence-electron chi connectivity index (χ1n) is 8.41. The van der Waals surface area contributed by atoms with Gasteiger partial charge in [0, 0.05) is 13.0 Å². The highest BCUT2D eigenvalue weighted by molar-refractivity contribution is 14.1. The van der Waals surface area contributed by atoms with E-state index in [2.05, 4.69) is 22.6 Å². The van der Waals surface area contributed by atoms with E-state index in [1.807, 2.05) is 64.1 Å². The van der Waals surface area contributed by atoms with E-state index < -0.39 is 3.42 Å². The van der Waals surface area contributed by atoms with Crippen LogP contribution in [0.2, 0.25) is 0 Å². The molecule has 2 atom stereocenters. The third-order valence-electron chi connectivity index (χ3n) is 4.11. The Kier molecular flexibility index (Phi) is 6.68. The summed E-state index contributed by atoms with van der Waals surface area (Å²) in [6, 6.07) is 11.4. The number of carbonyl (C=O) groups is 1. The van der Waals surface area contributed by atoms with Crippen molar-refractivity contribution in [3.05, 3.63) is 36.4 Å². The van der Waals surface area contributed by atoms with Crippen LogP contribution in [0.25, 0.3) is 10.8 Å². The van der Waals surface area contributed by atoms with Crippen LogP contribution < -0.4 is 9.47 Å². The zero-order valence-electron chi connectivity index (χ0n) is 15.3. The van der Waals surface area contributed by atoms with Crippen LogP contribution in [0.5, 0.6) is 11.5 Å². The molecular formula is C20H25IO4. The number of methoxy groups -OCH3 is 1. The molecule has 0 aliphatic carbocycles. The molecule has 0 N–H and O–H groups in total. The summed E-state index contributed by atoms with van der Waals surface area (Å²) >= 11 is 2.13. The van der Waals surface area contributed by atoms with Gasteiger partial charge in [0.1, 0.15) is 14.9 Å². The molecule has 0 aliphatic rings. The smallest absolute Gasteiger partial charge is 0.327 e. The zero-order chi connectivity index (χ0) is 18.6. The van der Waals surface area contributed by atoms with Crippen LogP contribution in [-0.2, 0) is 9.53 Å². The molecule has 0 radical (unpaired) electrons. The average Bonchev–Trinajstić information content (AvgIpc) is 2.59. The van der Waals surface area contributed by atoms with Crippen molar-refractivity contribution in [3.8, 4) is 11.5 Å². The van der Waals surface area contributed by atoms with Crippen LogP contribution in [0, 0.1) is 5.92 Å². The number of benzene rings is 2. The van der Waals surface area contributed by atoms with Gasteiger partial charge >= 0.3 is 5.97 Å². The standard InChI is InChI=1S/C20H25IO4/c1-6-20(4,21)19(22)25-17-10-8-14-11-16(9-7-15(14)12-17)24-18(23-5)13(2)3/h7-13,18H,6H2,1-5H3. The van der Waals surface area contributed by atoms with Crippen molar-refractivity contribution in [1.82, 2.24) is 0 Å². The highest BCUT2D eigenvalue weighted by Gasteiger charge is 2.29. The Morgan fingerprint density at radius 2 is 1.68 bits per heavy atom. The van der Waals surface area contributed by atoms with Crippen LogP contribution in [0.4, 0.5) is 0 Å². The molecule has 2 aromatic carbocycles. The Morgan fingerprint density at radius 1 is 1.12 bits per heavy atom. The number of esters is 1. The molecule has 0 saturated heterocycles. The normalized spacial score (nSPS) is 15.0. The van der Waals surface area contributed by atoms with E-state index in [4.69, 9.17) is 14.2 Å². The quantitative estimate of drug-likeness (QED) is 0.185. The lowest BCUT2D eigenvalue weighted by atomic mass is 10.1. The van der Waals surface area contributed by atoms with Crippen molar-refractivity contribution >= 4 is 39.3 Å². The summed E-state index contributed by atoms with van der Waals surface area (Å²) in [6.45, 7) is 7.95. The molecule has 0 aliphatic heterocycles. The lowest BCUT2D eigenvalue weighted by Crippen LogP contribution is -2.31. The summed E-state index contributed by atoms with van der Waals surface area (Å²) in [6.07, 6.45) is 0.435. The van der Waals surface area contributed by atoms with Crippen LogP contribution >= 0.6 is 22.6 Å². The second kappa shape index (κ2) is 8.36. The van der Waals surface area contributed by atoms with Gasteiger partial charge in [-0.1, -0.05) is 55.5 Å². The average molecular weight is 456 g/mol. The van der Waals surface area contributed by atoms with Crippen molar-refractivity contribution in [2.75, 3.05) is 7.11 Å². The molecule has 5 heteroatoms. The summed E-state index contributed by atoms with van der Waals surface area (Å²) in [7, 11) is 1.64. The number of ether oxygens (including phenoxy) is 3. The van der Waals surface area contributed by atoms with Gasteiger partial charge in [0.05, 0.1) is 0 Å². The Labute approximate surface area is 163 Å². The maximum absolute atomic E-state index is 12.2. The van der Waals surface area contributed by atoms with Crippen LogP contribution in [0.3, 0.4) is 0 Å². The maximum Gasteiger partial charge on any atom is 0.327 e. The topological polar surface area (TPSA) is 44.8 Å². The minimum absolute atomic E-state index is 0.227. The van der Waals surface area contributed by atoms with Crippen molar-refractivity contribution < 1.29 is 19.0 Å². The molecule has 0 bridgehead atoms. The first kappa shape index (κ1) is 20.0. The van der Waals surface area contributed by atoms with Gasteiger partial charge in [0.25, 0.3) is 0 Å². The van der Waals surface area contributed by atoms with Gasteiger partial charge in [-0.2, -0.15) is 0 Å². The molecule has 0 aromatic heterocycles. The van der Waals surface area contributed by atoms with Crippen molar-refractivity contribution in [2.24, 2.45) is 5.92 Å². The molecular weight excluding hydrogens is 431 g/mol. The van der Waals surface area contributed by atoms with Crippen molar-refractivity contribution in [3.63, 3.8) is 0 Å². The Balaban J connectivity index is 2.19. The van der Waals surface area contributed by atoms with Crippen molar-refractivity contribution in [1.29, 1.82) is 0 Å². The molecule has 0 fully saturated rings. The van der Waals surface area contributed by atoms with E-state index in [0.29, 0.717) is 5.75 Å². The minimum Gasteiger partial charge on any atom is -0.465 e. The Hall–Kier alpha value is -1.34. The van der Waals surface area contributed by atoms with E-state index in [-0.39, 0.29) is 18.2 Å². The lowest BCUT2D eigenvalue weighted by molar-refractivity contribution is -0.136.